The third-order valence-corrected chi connectivity index (χ3v) is 5.16. The van der Waals surface area contributed by atoms with Crippen molar-refractivity contribution in [3.8, 4) is 16.9 Å². The number of carbonyl (C=O) groups is 2. The van der Waals surface area contributed by atoms with Crippen molar-refractivity contribution in [3.63, 3.8) is 0 Å². The Labute approximate surface area is 176 Å². The number of aliphatic hydroxyl groups is 2. The summed E-state index contributed by atoms with van der Waals surface area (Å²) in [7, 11) is 0. The molecule has 0 aliphatic carbocycles. The number of para-hydroxylation sites is 1. The molecule has 1 fully saturated rings. The molecule has 160 valence electrons. The van der Waals surface area contributed by atoms with Gasteiger partial charge in [0.05, 0.1) is 6.61 Å². The zero-order valence-corrected chi connectivity index (χ0v) is 17.1. The molecule has 1 aliphatic rings. The maximum atomic E-state index is 12.2. The number of carbonyl (C=O) groups excluding carboxylic acids is 2. The molecule has 0 saturated carbocycles. The summed E-state index contributed by atoms with van der Waals surface area (Å²) in [4.78, 5) is 25.8. The van der Waals surface area contributed by atoms with Gasteiger partial charge in [-0.1, -0.05) is 42.5 Å². The second kappa shape index (κ2) is 10.2. The average Bonchev–Trinajstić information content (AvgIpc) is 3.32. The van der Waals surface area contributed by atoms with Crippen LogP contribution in [-0.2, 0) is 16.1 Å². The fourth-order valence-corrected chi connectivity index (χ4v) is 3.49. The highest BCUT2D eigenvalue weighted by molar-refractivity contribution is 5.90. The smallest absolute Gasteiger partial charge is 0.254 e. The Morgan fingerprint density at radius 2 is 1.70 bits per heavy atom. The largest absolute Gasteiger partial charge is 0.493 e. The number of nitrogens with zero attached hydrogens (tertiary/aromatic N) is 1. The molecule has 3 N–H and O–H groups in total. The van der Waals surface area contributed by atoms with Gasteiger partial charge >= 0.3 is 0 Å². The molecule has 7 nitrogen and oxygen atoms in total. The monoisotopic (exact) mass is 412 g/mol. The molecular formula is C23H28N2O5. The van der Waals surface area contributed by atoms with E-state index in [1.165, 1.54) is 4.90 Å². The van der Waals surface area contributed by atoms with Gasteiger partial charge in [0.25, 0.3) is 11.8 Å². The molecule has 30 heavy (non-hydrogen) atoms. The quantitative estimate of drug-likeness (QED) is 0.613. The van der Waals surface area contributed by atoms with Crippen LogP contribution in [0.1, 0.15) is 25.3 Å². The summed E-state index contributed by atoms with van der Waals surface area (Å²) >= 11 is 0. The van der Waals surface area contributed by atoms with Gasteiger partial charge in [-0.15, -0.1) is 0 Å². The van der Waals surface area contributed by atoms with Crippen molar-refractivity contribution in [1.82, 2.24) is 10.2 Å². The third kappa shape index (κ3) is 5.17. The Morgan fingerprint density at radius 3 is 2.37 bits per heavy atom. The van der Waals surface area contributed by atoms with E-state index in [9.17, 15) is 19.8 Å². The molecule has 2 amide bonds. The van der Waals surface area contributed by atoms with Gasteiger partial charge in [0.2, 0.25) is 0 Å². The summed E-state index contributed by atoms with van der Waals surface area (Å²) in [5.74, 6) is -0.575. The first-order valence-corrected chi connectivity index (χ1v) is 10.2. The minimum atomic E-state index is -1.80. The number of rotatable bonds is 8. The molecule has 1 saturated heterocycles. The molecule has 0 spiro atoms. The summed E-state index contributed by atoms with van der Waals surface area (Å²) in [5.41, 5.74) is 2.79. The molecule has 1 heterocycles. The van der Waals surface area contributed by atoms with Crippen molar-refractivity contribution >= 4 is 11.8 Å². The Morgan fingerprint density at radius 1 is 1.03 bits per heavy atom. The summed E-state index contributed by atoms with van der Waals surface area (Å²) in [6, 6.07) is 15.4. The predicted octanol–water partition coefficient (Wildman–Crippen LogP) is 1.71. The SMILES string of the molecule is CCOc1ccccc1-c1ccc(CNC(=O)[C@H](O)[C@@H](O)C(=O)N2CCCC2)cc1. The van der Waals surface area contributed by atoms with Crippen LogP contribution in [0, 0.1) is 0 Å². The predicted molar refractivity (Wildman–Crippen MR) is 113 cm³/mol. The molecule has 1 aliphatic heterocycles. The normalized spacial score (nSPS) is 15.5. The molecule has 2 atom stereocenters. The molecule has 0 radical (unpaired) electrons. The number of ether oxygens (including phenoxy) is 1. The van der Waals surface area contributed by atoms with E-state index in [4.69, 9.17) is 4.74 Å². The highest BCUT2D eigenvalue weighted by Gasteiger charge is 2.34. The van der Waals surface area contributed by atoms with Crippen LogP contribution in [0.2, 0.25) is 0 Å². The maximum Gasteiger partial charge on any atom is 0.254 e. The number of benzene rings is 2. The van der Waals surface area contributed by atoms with Gasteiger partial charge in [0.15, 0.2) is 12.2 Å². The molecular weight excluding hydrogens is 384 g/mol. The molecule has 2 aromatic carbocycles. The van der Waals surface area contributed by atoms with Crippen molar-refractivity contribution in [1.29, 1.82) is 0 Å². The topological polar surface area (TPSA) is 99.1 Å². The lowest BCUT2D eigenvalue weighted by molar-refractivity contribution is -0.152. The molecule has 3 rings (SSSR count). The van der Waals surface area contributed by atoms with Gasteiger partial charge in [-0.25, -0.2) is 0 Å². The zero-order valence-electron chi connectivity index (χ0n) is 17.1. The first-order chi connectivity index (χ1) is 14.5. The lowest BCUT2D eigenvalue weighted by Crippen LogP contribution is -2.50. The fourth-order valence-electron chi connectivity index (χ4n) is 3.49. The highest BCUT2D eigenvalue weighted by Crippen LogP contribution is 2.29. The summed E-state index contributed by atoms with van der Waals surface area (Å²) < 4.78 is 5.67. The van der Waals surface area contributed by atoms with Crippen LogP contribution in [0.25, 0.3) is 11.1 Å². The van der Waals surface area contributed by atoms with E-state index in [1.807, 2.05) is 55.5 Å². The summed E-state index contributed by atoms with van der Waals surface area (Å²) in [6.07, 6.45) is -1.81. The van der Waals surface area contributed by atoms with E-state index in [1.54, 1.807) is 0 Å². The Balaban J connectivity index is 1.57. The first kappa shape index (κ1) is 21.8. The van der Waals surface area contributed by atoms with Gasteiger partial charge in [-0.2, -0.15) is 0 Å². The summed E-state index contributed by atoms with van der Waals surface area (Å²) in [6.45, 7) is 3.78. The molecule has 0 unspecified atom stereocenters. The fraction of sp³-hybridized carbons (Fsp3) is 0.391. The summed E-state index contributed by atoms with van der Waals surface area (Å²) in [5, 5.41) is 22.6. The number of amides is 2. The highest BCUT2D eigenvalue weighted by atomic mass is 16.5. The van der Waals surface area contributed by atoms with Crippen molar-refractivity contribution in [2.75, 3.05) is 19.7 Å². The lowest BCUT2D eigenvalue weighted by atomic mass is 10.0. The molecule has 2 aromatic rings. The van der Waals surface area contributed by atoms with Crippen LogP contribution < -0.4 is 10.1 Å². The molecule has 0 bridgehead atoms. The minimum absolute atomic E-state index is 0.175. The van der Waals surface area contributed by atoms with Crippen LogP contribution in [0.3, 0.4) is 0 Å². The number of nitrogens with one attached hydrogen (secondary N) is 1. The van der Waals surface area contributed by atoms with Crippen LogP contribution in [0.5, 0.6) is 5.75 Å². The van der Waals surface area contributed by atoms with Gasteiger partial charge in [0, 0.05) is 25.2 Å². The average molecular weight is 412 g/mol. The Bertz CT molecular complexity index is 862. The zero-order chi connectivity index (χ0) is 21.5. The van der Waals surface area contributed by atoms with Gasteiger partial charge in [-0.3, -0.25) is 9.59 Å². The second-order valence-electron chi connectivity index (χ2n) is 7.27. The second-order valence-corrected chi connectivity index (χ2v) is 7.27. The van der Waals surface area contributed by atoms with Crippen molar-refractivity contribution in [3.05, 3.63) is 54.1 Å². The van der Waals surface area contributed by atoms with E-state index in [0.717, 1.165) is 35.3 Å². The number of hydrogen-bond acceptors (Lipinski definition) is 5. The van der Waals surface area contributed by atoms with Gasteiger partial charge < -0.3 is 25.2 Å². The maximum absolute atomic E-state index is 12.2. The third-order valence-electron chi connectivity index (χ3n) is 5.16. The van der Waals surface area contributed by atoms with E-state index in [2.05, 4.69) is 5.32 Å². The first-order valence-electron chi connectivity index (χ1n) is 10.2. The number of aliphatic hydroxyl groups excluding tert-OH is 2. The van der Waals surface area contributed by atoms with Gasteiger partial charge in [-0.05, 0) is 37.0 Å². The Kier molecular flexibility index (Phi) is 7.43. The standard InChI is InChI=1S/C23H28N2O5/c1-2-30-19-8-4-3-7-18(19)17-11-9-16(10-12-17)15-24-22(28)20(26)21(27)23(29)25-13-5-6-14-25/h3-4,7-12,20-21,26-27H,2,5-6,13-15H2,1H3,(H,24,28)/t20-,21-/m1/s1. The lowest BCUT2D eigenvalue weighted by Gasteiger charge is -2.22. The van der Waals surface area contributed by atoms with E-state index < -0.39 is 24.0 Å². The molecule has 7 heteroatoms. The van der Waals surface area contributed by atoms with Gasteiger partial charge in [0.1, 0.15) is 5.75 Å². The van der Waals surface area contributed by atoms with Crippen LogP contribution in [0.15, 0.2) is 48.5 Å². The van der Waals surface area contributed by atoms with Crippen LogP contribution in [0.4, 0.5) is 0 Å². The Hall–Kier alpha value is -2.90. The number of likely N-dealkylation sites (tertiary alicyclic amines) is 1. The van der Waals surface area contributed by atoms with Crippen molar-refractivity contribution in [2.45, 2.75) is 38.5 Å². The van der Waals surface area contributed by atoms with E-state index >= 15 is 0 Å². The minimum Gasteiger partial charge on any atom is -0.493 e. The van der Waals surface area contributed by atoms with Crippen LogP contribution in [-0.4, -0.2) is 58.8 Å². The number of hydrogen-bond donors (Lipinski definition) is 3. The molecule has 0 aromatic heterocycles. The van der Waals surface area contributed by atoms with E-state index in [-0.39, 0.29) is 6.54 Å². The van der Waals surface area contributed by atoms with Crippen molar-refractivity contribution < 1.29 is 24.5 Å². The van der Waals surface area contributed by atoms with Crippen molar-refractivity contribution in [2.24, 2.45) is 0 Å². The van der Waals surface area contributed by atoms with Crippen LogP contribution >= 0.6 is 0 Å². The van der Waals surface area contributed by atoms with E-state index in [0.29, 0.717) is 19.7 Å².